The van der Waals surface area contributed by atoms with Gasteiger partial charge in [-0.15, -0.1) is 9.89 Å². The van der Waals surface area contributed by atoms with Gasteiger partial charge in [0, 0.05) is 35.7 Å². The molecule has 1 aliphatic heterocycles. The largest absolute Gasteiger partial charge is 0.372 e. The fourth-order valence-corrected chi connectivity index (χ4v) is 4.46. The molecule has 8 heteroatoms. The summed E-state index contributed by atoms with van der Waals surface area (Å²) in [4.78, 5) is 26.4. The number of aromatic nitrogens is 3. The monoisotopic (exact) mass is 527 g/mol. The van der Waals surface area contributed by atoms with Crippen LogP contribution in [0.4, 0.5) is 17.1 Å². The Hall–Kier alpha value is -3.81. The zero-order valence-electron chi connectivity index (χ0n) is 24.5. The highest BCUT2D eigenvalue weighted by atomic mass is 16.1. The van der Waals surface area contributed by atoms with E-state index in [1.54, 1.807) is 4.79 Å². The molecule has 0 atom stereocenters. The second-order valence-electron chi connectivity index (χ2n) is 11.4. The molecule has 8 nitrogen and oxygen atoms in total. The Morgan fingerprint density at radius 1 is 1.13 bits per heavy atom. The molecular weight excluding hydrogens is 486 g/mol. The predicted molar refractivity (Wildman–Crippen MR) is 161 cm³/mol. The van der Waals surface area contributed by atoms with Crippen LogP contribution in [0.5, 0.6) is 0 Å². The zero-order valence-corrected chi connectivity index (χ0v) is 24.5. The van der Waals surface area contributed by atoms with Crippen LogP contribution >= 0.6 is 0 Å². The number of nitrogens with one attached hydrogen (secondary N) is 1. The van der Waals surface area contributed by atoms with Crippen LogP contribution < -0.4 is 10.2 Å². The van der Waals surface area contributed by atoms with Gasteiger partial charge < -0.3 is 10.2 Å². The Bertz CT molecular complexity index is 1410. The molecule has 1 aromatic heterocycles. The van der Waals surface area contributed by atoms with E-state index in [-0.39, 0.29) is 17.2 Å². The molecule has 0 spiro atoms. The molecule has 0 aliphatic carbocycles. The summed E-state index contributed by atoms with van der Waals surface area (Å²) in [6.07, 6.45) is 2.35. The van der Waals surface area contributed by atoms with Crippen molar-refractivity contribution in [2.45, 2.75) is 68.2 Å². The quantitative estimate of drug-likeness (QED) is 0.329. The minimum absolute atomic E-state index is 0.0558. The summed E-state index contributed by atoms with van der Waals surface area (Å²) in [5.41, 5.74) is 5.93. The Kier molecular flexibility index (Phi) is 8.33. The molecule has 0 fully saturated rings. The third kappa shape index (κ3) is 6.10. The van der Waals surface area contributed by atoms with Crippen LogP contribution in [-0.2, 0) is 4.79 Å². The summed E-state index contributed by atoms with van der Waals surface area (Å²) in [7, 11) is 0. The molecule has 2 aromatic carbocycles. The van der Waals surface area contributed by atoms with Crippen molar-refractivity contribution < 1.29 is 4.79 Å². The Labute approximate surface area is 232 Å². The predicted octanol–water partition coefficient (Wildman–Crippen LogP) is 6.86. The molecule has 0 radical (unpaired) electrons. The van der Waals surface area contributed by atoms with Crippen molar-refractivity contribution in [3.05, 3.63) is 53.9 Å². The average molecular weight is 528 g/mol. The van der Waals surface area contributed by atoms with E-state index in [4.69, 9.17) is 20.2 Å². The van der Waals surface area contributed by atoms with Crippen molar-refractivity contribution in [2.75, 3.05) is 23.3 Å². The molecule has 0 unspecified atom stereocenters. The standard InChI is InChI=1S/C31H41N7O/c1-9-11-18-37(10-2)22-16-17-24(21(5)19-22)32-26-27(31(6,7)8)35-38-29(26)34-28(36-38)23-14-12-13-15-25(23)33-30(39)20(3)4/h12-17,19-20H,9-11,18H2,1-8H3,(H,33,39)/b32-26-. The number of aliphatic imine (C=N–C) groups is 1. The normalized spacial score (nSPS) is 14.1. The number of hydrogen-bond donors (Lipinski definition) is 1. The first kappa shape index (κ1) is 28.2. The number of nitrogens with zero attached hydrogens (tertiary/aromatic N) is 6. The molecule has 1 amide bonds. The topological polar surface area (TPSA) is 87.8 Å². The molecule has 1 N–H and O–H groups in total. The zero-order chi connectivity index (χ0) is 28.3. The van der Waals surface area contributed by atoms with Gasteiger partial charge in [-0.25, -0.2) is 9.98 Å². The Morgan fingerprint density at radius 3 is 2.51 bits per heavy atom. The van der Waals surface area contributed by atoms with E-state index in [0.29, 0.717) is 17.3 Å². The minimum atomic E-state index is -0.252. The van der Waals surface area contributed by atoms with E-state index >= 15 is 0 Å². The van der Waals surface area contributed by atoms with Gasteiger partial charge in [0.2, 0.25) is 11.7 Å². The average Bonchev–Trinajstić information content (AvgIpc) is 3.45. The molecule has 206 valence electrons. The number of amides is 1. The lowest BCUT2D eigenvalue weighted by Gasteiger charge is -2.23. The second kappa shape index (κ2) is 11.5. The molecule has 4 rings (SSSR count). The van der Waals surface area contributed by atoms with Gasteiger partial charge in [0.1, 0.15) is 5.71 Å². The summed E-state index contributed by atoms with van der Waals surface area (Å²) in [6, 6.07) is 14.0. The smallest absolute Gasteiger partial charge is 0.226 e. The lowest BCUT2D eigenvalue weighted by molar-refractivity contribution is -0.118. The number of aryl methyl sites for hydroxylation is 1. The van der Waals surface area contributed by atoms with Gasteiger partial charge in [-0.05, 0) is 56.2 Å². The Morgan fingerprint density at radius 2 is 1.87 bits per heavy atom. The lowest BCUT2D eigenvalue weighted by Crippen LogP contribution is -2.27. The Balaban J connectivity index is 1.75. The second-order valence-corrected chi connectivity index (χ2v) is 11.4. The summed E-state index contributed by atoms with van der Waals surface area (Å²) in [5, 5.41) is 12.5. The molecule has 0 bridgehead atoms. The molecule has 0 saturated heterocycles. The van der Waals surface area contributed by atoms with Crippen LogP contribution in [0.1, 0.15) is 72.7 Å². The number of fused-ring (bicyclic) bond motifs is 1. The van der Waals surface area contributed by atoms with Crippen molar-refractivity contribution in [3.8, 4) is 11.4 Å². The lowest BCUT2D eigenvalue weighted by atomic mass is 9.87. The molecule has 3 aromatic rings. The van der Waals surface area contributed by atoms with Crippen molar-refractivity contribution in [2.24, 2.45) is 21.4 Å². The number of rotatable bonds is 9. The highest BCUT2D eigenvalue weighted by Gasteiger charge is 2.35. The molecule has 1 aliphatic rings. The van der Waals surface area contributed by atoms with Crippen molar-refractivity contribution >= 4 is 34.4 Å². The number of hydrogen-bond acceptors (Lipinski definition) is 6. The van der Waals surface area contributed by atoms with Crippen molar-refractivity contribution in [3.63, 3.8) is 0 Å². The van der Waals surface area contributed by atoms with Crippen LogP contribution in [0.2, 0.25) is 0 Å². The SMILES string of the molecule is CCCCN(CC)c1ccc(/N=C2/C(C(C)(C)C)=Nn3nc(-c4ccccc4NC(=O)C(C)C)nc32)c(C)c1. The fraction of sp³-hybridized carbons (Fsp3) is 0.452. The summed E-state index contributed by atoms with van der Waals surface area (Å²) in [5.74, 6) is 0.901. The number of carbonyl (C=O) groups excluding carboxylic acids is 1. The molecule has 0 saturated carbocycles. The van der Waals surface area contributed by atoms with Gasteiger partial charge >= 0.3 is 0 Å². The maximum atomic E-state index is 12.4. The number of carbonyl (C=O) groups is 1. The number of para-hydroxylation sites is 1. The van der Waals surface area contributed by atoms with Gasteiger partial charge in [-0.1, -0.05) is 60.1 Å². The van der Waals surface area contributed by atoms with Gasteiger partial charge in [0.05, 0.1) is 17.1 Å². The maximum Gasteiger partial charge on any atom is 0.226 e. The van der Waals surface area contributed by atoms with E-state index in [1.807, 2.05) is 38.1 Å². The van der Waals surface area contributed by atoms with Crippen LogP contribution in [-0.4, -0.2) is 45.3 Å². The van der Waals surface area contributed by atoms with E-state index in [1.165, 1.54) is 18.5 Å². The molecular formula is C31H41N7O. The summed E-state index contributed by atoms with van der Waals surface area (Å²) >= 11 is 0. The molecule has 39 heavy (non-hydrogen) atoms. The minimum Gasteiger partial charge on any atom is -0.372 e. The highest BCUT2D eigenvalue weighted by molar-refractivity contribution is 6.50. The van der Waals surface area contributed by atoms with E-state index in [2.05, 4.69) is 70.0 Å². The van der Waals surface area contributed by atoms with Crippen molar-refractivity contribution in [1.82, 2.24) is 14.9 Å². The van der Waals surface area contributed by atoms with E-state index in [0.717, 1.165) is 41.3 Å². The third-order valence-corrected chi connectivity index (χ3v) is 6.82. The van der Waals surface area contributed by atoms with Gasteiger partial charge in [0.15, 0.2) is 5.82 Å². The number of unbranched alkanes of at least 4 members (excludes halogenated alkanes) is 1. The number of benzene rings is 2. The van der Waals surface area contributed by atoms with Crippen LogP contribution in [0.25, 0.3) is 11.4 Å². The molecule has 2 heterocycles. The van der Waals surface area contributed by atoms with Gasteiger partial charge in [-0.2, -0.15) is 5.10 Å². The summed E-state index contributed by atoms with van der Waals surface area (Å²) in [6.45, 7) is 18.6. The number of anilines is 2. The first-order valence-corrected chi connectivity index (χ1v) is 13.9. The van der Waals surface area contributed by atoms with Crippen LogP contribution in [0, 0.1) is 18.3 Å². The maximum absolute atomic E-state index is 12.4. The first-order valence-electron chi connectivity index (χ1n) is 13.9. The van der Waals surface area contributed by atoms with Crippen LogP contribution in [0.3, 0.4) is 0 Å². The fourth-order valence-electron chi connectivity index (χ4n) is 4.46. The first-order chi connectivity index (χ1) is 18.5. The van der Waals surface area contributed by atoms with E-state index < -0.39 is 0 Å². The summed E-state index contributed by atoms with van der Waals surface area (Å²) < 4.78 is 0. The van der Waals surface area contributed by atoms with Gasteiger partial charge in [0.25, 0.3) is 0 Å². The van der Waals surface area contributed by atoms with Gasteiger partial charge in [-0.3, -0.25) is 4.79 Å². The highest BCUT2D eigenvalue weighted by Crippen LogP contribution is 2.32. The van der Waals surface area contributed by atoms with Crippen molar-refractivity contribution in [1.29, 1.82) is 0 Å². The van der Waals surface area contributed by atoms with E-state index in [9.17, 15) is 4.79 Å². The van der Waals surface area contributed by atoms with Crippen LogP contribution in [0.15, 0.2) is 52.6 Å². The third-order valence-electron chi connectivity index (χ3n) is 6.82.